The van der Waals surface area contributed by atoms with Crippen LogP contribution >= 0.6 is 11.8 Å². The fourth-order valence-electron chi connectivity index (χ4n) is 4.21. The molecule has 1 heterocycles. The second-order valence-corrected chi connectivity index (χ2v) is 9.81. The van der Waals surface area contributed by atoms with Crippen LogP contribution in [-0.4, -0.2) is 35.8 Å². The molecule has 0 aliphatic rings. The Balaban J connectivity index is 1.34. The number of aromatic nitrogens is 1. The average molecular weight is 516 g/mol. The number of hydrogen-bond acceptors (Lipinski definition) is 4. The molecule has 6 nitrogen and oxygen atoms in total. The van der Waals surface area contributed by atoms with Gasteiger partial charge in [0, 0.05) is 40.8 Å². The van der Waals surface area contributed by atoms with E-state index in [4.69, 9.17) is 4.74 Å². The first kappa shape index (κ1) is 26.4. The van der Waals surface area contributed by atoms with E-state index in [-0.39, 0.29) is 11.8 Å². The van der Waals surface area contributed by atoms with Crippen LogP contribution in [0, 0.1) is 0 Å². The van der Waals surface area contributed by atoms with E-state index in [9.17, 15) is 9.59 Å². The van der Waals surface area contributed by atoms with Crippen LogP contribution in [0.25, 0.3) is 10.9 Å². The molecule has 0 aliphatic heterocycles. The lowest BCUT2D eigenvalue weighted by atomic mass is 10.1. The van der Waals surface area contributed by atoms with Gasteiger partial charge >= 0.3 is 0 Å². The lowest BCUT2D eigenvalue weighted by molar-refractivity contribution is -0.113. The van der Waals surface area contributed by atoms with Gasteiger partial charge < -0.3 is 19.9 Å². The summed E-state index contributed by atoms with van der Waals surface area (Å²) in [5, 5.41) is 7.07. The second-order valence-electron chi connectivity index (χ2n) is 8.80. The van der Waals surface area contributed by atoms with Crippen LogP contribution in [0.1, 0.15) is 35.7 Å². The first-order valence-electron chi connectivity index (χ1n) is 12.6. The zero-order valence-electron chi connectivity index (χ0n) is 21.3. The molecule has 7 heteroatoms. The molecule has 2 N–H and O–H groups in total. The molecule has 37 heavy (non-hydrogen) atoms. The molecular formula is C30H33N3O3S. The molecule has 4 aromatic rings. The Hall–Kier alpha value is -3.71. The Bertz CT molecular complexity index is 1350. The van der Waals surface area contributed by atoms with Crippen molar-refractivity contribution in [2.45, 2.75) is 37.6 Å². The first-order valence-corrected chi connectivity index (χ1v) is 13.6. The molecule has 2 amide bonds. The van der Waals surface area contributed by atoms with Crippen LogP contribution in [0.2, 0.25) is 0 Å². The van der Waals surface area contributed by atoms with Crippen molar-refractivity contribution in [2.75, 3.05) is 24.7 Å². The molecule has 192 valence electrons. The number of ether oxygens (including phenoxy) is 1. The SMILES string of the molecule is CCCCc1ccc(NC(=O)CSc2cn(CCNC(=O)c3ccccc3OC)c3ccccc23)cc1. The van der Waals surface area contributed by atoms with Gasteiger partial charge in [-0.1, -0.05) is 55.8 Å². The number of thioether (sulfide) groups is 1. The molecule has 0 spiro atoms. The topological polar surface area (TPSA) is 72.4 Å². The highest BCUT2D eigenvalue weighted by Crippen LogP contribution is 2.30. The van der Waals surface area contributed by atoms with Gasteiger partial charge in [0.25, 0.3) is 5.91 Å². The van der Waals surface area contributed by atoms with Crippen molar-refractivity contribution in [2.24, 2.45) is 0 Å². The normalized spacial score (nSPS) is 10.9. The minimum Gasteiger partial charge on any atom is -0.496 e. The zero-order valence-corrected chi connectivity index (χ0v) is 22.1. The van der Waals surface area contributed by atoms with Gasteiger partial charge in [0.15, 0.2) is 0 Å². The van der Waals surface area contributed by atoms with Gasteiger partial charge in [-0.25, -0.2) is 0 Å². The molecule has 0 radical (unpaired) electrons. The van der Waals surface area contributed by atoms with E-state index in [0.29, 0.717) is 30.2 Å². The van der Waals surface area contributed by atoms with Crippen LogP contribution in [-0.2, 0) is 17.8 Å². The predicted octanol–water partition coefficient (Wildman–Crippen LogP) is 6.15. The summed E-state index contributed by atoms with van der Waals surface area (Å²) >= 11 is 1.52. The molecule has 0 bridgehead atoms. The Morgan fingerprint density at radius 2 is 1.73 bits per heavy atom. The maximum absolute atomic E-state index is 12.6. The number of hydrogen-bond donors (Lipinski definition) is 2. The molecular weight excluding hydrogens is 482 g/mol. The molecule has 0 fully saturated rings. The number of anilines is 1. The van der Waals surface area contributed by atoms with E-state index >= 15 is 0 Å². The number of nitrogens with one attached hydrogen (secondary N) is 2. The van der Waals surface area contributed by atoms with Crippen molar-refractivity contribution in [3.8, 4) is 5.75 Å². The first-order chi connectivity index (χ1) is 18.1. The highest BCUT2D eigenvalue weighted by atomic mass is 32.2. The molecule has 0 atom stereocenters. The van der Waals surface area contributed by atoms with Gasteiger partial charge in [-0.15, -0.1) is 11.8 Å². The molecule has 0 saturated carbocycles. The minimum absolute atomic E-state index is 0.0350. The van der Waals surface area contributed by atoms with E-state index in [0.717, 1.165) is 27.9 Å². The van der Waals surface area contributed by atoms with Crippen molar-refractivity contribution < 1.29 is 14.3 Å². The number of para-hydroxylation sites is 2. The Kier molecular flexibility index (Phi) is 9.27. The van der Waals surface area contributed by atoms with Gasteiger partial charge in [0.05, 0.1) is 18.4 Å². The number of unbranched alkanes of at least 4 members (excludes halogenated alkanes) is 1. The van der Waals surface area contributed by atoms with Crippen molar-refractivity contribution in [3.63, 3.8) is 0 Å². The smallest absolute Gasteiger partial charge is 0.255 e. The summed E-state index contributed by atoms with van der Waals surface area (Å²) < 4.78 is 7.41. The standard InChI is InChI=1S/C30H33N3O3S/c1-3-4-9-22-14-16-23(17-15-22)32-29(34)21-37-28-20-33(26-12-7-5-10-24(26)28)19-18-31-30(35)25-11-6-8-13-27(25)36-2/h5-8,10-17,20H,3-4,9,18-19,21H2,1-2H3,(H,31,35)(H,32,34). The van der Waals surface area contributed by atoms with E-state index in [1.165, 1.54) is 30.2 Å². The molecule has 3 aromatic carbocycles. The third-order valence-corrected chi connectivity index (χ3v) is 7.20. The Morgan fingerprint density at radius 3 is 2.51 bits per heavy atom. The van der Waals surface area contributed by atoms with Crippen LogP contribution in [0.15, 0.2) is 83.9 Å². The number of aryl methyl sites for hydroxylation is 1. The molecule has 0 unspecified atom stereocenters. The van der Waals surface area contributed by atoms with Crippen molar-refractivity contribution in [1.29, 1.82) is 0 Å². The number of methoxy groups -OCH3 is 1. The number of amides is 2. The van der Waals surface area contributed by atoms with Crippen LogP contribution in [0.5, 0.6) is 5.75 Å². The van der Waals surface area contributed by atoms with E-state index in [1.807, 2.05) is 36.4 Å². The highest BCUT2D eigenvalue weighted by Gasteiger charge is 2.13. The fraction of sp³-hybridized carbons (Fsp3) is 0.267. The summed E-state index contributed by atoms with van der Waals surface area (Å²) in [5.74, 6) is 0.664. The van der Waals surface area contributed by atoms with Crippen LogP contribution < -0.4 is 15.4 Å². The quantitative estimate of drug-likeness (QED) is 0.222. The third kappa shape index (κ3) is 6.95. The largest absolute Gasteiger partial charge is 0.496 e. The number of rotatable bonds is 12. The summed E-state index contributed by atoms with van der Waals surface area (Å²) in [4.78, 5) is 26.3. The summed E-state index contributed by atoms with van der Waals surface area (Å²) in [6.07, 6.45) is 5.46. The van der Waals surface area contributed by atoms with Gasteiger partial charge in [0.2, 0.25) is 5.91 Å². The van der Waals surface area contributed by atoms with Crippen molar-refractivity contribution in [3.05, 3.63) is 90.1 Å². The lowest BCUT2D eigenvalue weighted by Gasteiger charge is -2.10. The van der Waals surface area contributed by atoms with Gasteiger partial charge in [0.1, 0.15) is 5.75 Å². The van der Waals surface area contributed by atoms with Gasteiger partial charge in [-0.05, 0) is 48.7 Å². The average Bonchev–Trinajstić information content (AvgIpc) is 3.29. The Morgan fingerprint density at radius 1 is 0.973 bits per heavy atom. The number of carbonyl (C=O) groups excluding carboxylic acids is 2. The predicted molar refractivity (Wildman–Crippen MR) is 152 cm³/mol. The summed E-state index contributed by atoms with van der Waals surface area (Å²) in [7, 11) is 1.56. The van der Waals surface area contributed by atoms with E-state index in [1.54, 1.807) is 19.2 Å². The molecule has 0 saturated heterocycles. The third-order valence-electron chi connectivity index (χ3n) is 6.16. The number of benzene rings is 3. The number of carbonyl (C=O) groups is 2. The number of fused-ring (bicyclic) bond motifs is 1. The Labute approximate surface area is 222 Å². The van der Waals surface area contributed by atoms with Crippen LogP contribution in [0.3, 0.4) is 0 Å². The van der Waals surface area contributed by atoms with Crippen LogP contribution in [0.4, 0.5) is 5.69 Å². The minimum atomic E-state index is -0.168. The molecule has 0 aliphatic carbocycles. The monoisotopic (exact) mass is 515 g/mol. The summed E-state index contributed by atoms with van der Waals surface area (Å²) in [6, 6.07) is 23.4. The molecule has 4 rings (SSSR count). The van der Waals surface area contributed by atoms with E-state index < -0.39 is 0 Å². The summed E-state index contributed by atoms with van der Waals surface area (Å²) in [5.41, 5.74) is 3.69. The zero-order chi connectivity index (χ0) is 26.0. The maximum Gasteiger partial charge on any atom is 0.255 e. The van der Waals surface area contributed by atoms with E-state index in [2.05, 4.69) is 52.6 Å². The van der Waals surface area contributed by atoms with Gasteiger partial charge in [-0.3, -0.25) is 9.59 Å². The maximum atomic E-state index is 12.6. The van der Waals surface area contributed by atoms with Crippen molar-refractivity contribution in [1.82, 2.24) is 9.88 Å². The van der Waals surface area contributed by atoms with Gasteiger partial charge in [-0.2, -0.15) is 0 Å². The lowest BCUT2D eigenvalue weighted by Crippen LogP contribution is -2.27. The highest BCUT2D eigenvalue weighted by molar-refractivity contribution is 8.00. The number of nitrogens with zero attached hydrogens (tertiary/aromatic N) is 1. The van der Waals surface area contributed by atoms with Crippen molar-refractivity contribution >= 4 is 40.2 Å². The molecule has 1 aromatic heterocycles. The fourth-order valence-corrected chi connectivity index (χ4v) is 5.10. The second kappa shape index (κ2) is 13.0. The summed E-state index contributed by atoms with van der Waals surface area (Å²) in [6.45, 7) is 3.26.